The highest BCUT2D eigenvalue weighted by Crippen LogP contribution is 2.32. The van der Waals surface area contributed by atoms with Gasteiger partial charge in [-0.25, -0.2) is 9.97 Å². The van der Waals surface area contributed by atoms with Crippen molar-refractivity contribution in [1.82, 2.24) is 25.1 Å². The average molecular weight is 390 g/mol. The smallest absolute Gasteiger partial charge is 0.186 e. The van der Waals surface area contributed by atoms with Crippen LogP contribution in [0.3, 0.4) is 0 Å². The minimum atomic E-state index is 0.358. The molecule has 0 saturated carbocycles. The Bertz CT molecular complexity index is 1200. The van der Waals surface area contributed by atoms with Crippen LogP contribution in [-0.4, -0.2) is 32.3 Å². The second-order valence-corrected chi connectivity index (χ2v) is 6.87. The number of hydrogen-bond donors (Lipinski definition) is 2. The standard InChI is InChI=1S/C21H22N6O2/c1-11-7-14(18-17-20(22)24-10-25-21(17)27-26-18)5-6-16(11)29-9-15-13(3)19(28-4)12(2)8-23-15/h5-8,10H,9H2,1-4H3,(H3,22,24,25,26,27). The molecule has 3 N–H and O–H groups in total. The molecule has 0 aliphatic carbocycles. The minimum absolute atomic E-state index is 0.358. The lowest BCUT2D eigenvalue weighted by atomic mass is 10.1. The van der Waals surface area contributed by atoms with Crippen LogP contribution in [0.5, 0.6) is 11.5 Å². The van der Waals surface area contributed by atoms with Crippen molar-refractivity contribution in [2.75, 3.05) is 12.8 Å². The Kier molecular flexibility index (Phi) is 4.75. The van der Waals surface area contributed by atoms with Gasteiger partial charge in [0.05, 0.1) is 23.9 Å². The first-order chi connectivity index (χ1) is 14.0. The summed E-state index contributed by atoms with van der Waals surface area (Å²) in [5.74, 6) is 2.02. The lowest BCUT2D eigenvalue weighted by molar-refractivity contribution is 0.297. The quantitative estimate of drug-likeness (QED) is 0.536. The number of rotatable bonds is 5. The molecule has 29 heavy (non-hydrogen) atoms. The van der Waals surface area contributed by atoms with Gasteiger partial charge in [0, 0.05) is 22.9 Å². The van der Waals surface area contributed by atoms with Gasteiger partial charge in [0.1, 0.15) is 30.3 Å². The van der Waals surface area contributed by atoms with Crippen molar-refractivity contribution in [3.05, 3.63) is 53.1 Å². The average Bonchev–Trinajstić information content (AvgIpc) is 3.14. The zero-order valence-corrected chi connectivity index (χ0v) is 16.8. The second-order valence-electron chi connectivity index (χ2n) is 6.87. The van der Waals surface area contributed by atoms with E-state index in [1.54, 1.807) is 13.3 Å². The zero-order chi connectivity index (χ0) is 20.5. The fraction of sp³-hybridized carbons (Fsp3) is 0.238. The highest BCUT2D eigenvalue weighted by atomic mass is 16.5. The molecule has 148 valence electrons. The van der Waals surface area contributed by atoms with Crippen LogP contribution >= 0.6 is 0 Å². The van der Waals surface area contributed by atoms with Gasteiger partial charge in [0.2, 0.25) is 0 Å². The summed E-state index contributed by atoms with van der Waals surface area (Å²) in [5, 5.41) is 7.93. The van der Waals surface area contributed by atoms with Crippen molar-refractivity contribution in [2.24, 2.45) is 0 Å². The summed E-state index contributed by atoms with van der Waals surface area (Å²) >= 11 is 0. The number of methoxy groups -OCH3 is 1. The molecule has 3 heterocycles. The Hall–Kier alpha value is -3.68. The van der Waals surface area contributed by atoms with Crippen LogP contribution in [0.25, 0.3) is 22.3 Å². The number of hydrogen-bond acceptors (Lipinski definition) is 7. The number of H-pyrrole nitrogens is 1. The molecule has 0 spiro atoms. The van der Waals surface area contributed by atoms with E-state index in [-0.39, 0.29) is 0 Å². The lowest BCUT2D eigenvalue weighted by Crippen LogP contribution is -2.04. The van der Waals surface area contributed by atoms with Crippen LogP contribution < -0.4 is 15.2 Å². The van der Waals surface area contributed by atoms with E-state index >= 15 is 0 Å². The van der Waals surface area contributed by atoms with Crippen LogP contribution in [0.1, 0.15) is 22.4 Å². The molecule has 0 aliphatic heterocycles. The van der Waals surface area contributed by atoms with Gasteiger partial charge in [0.25, 0.3) is 0 Å². The second kappa shape index (κ2) is 7.38. The van der Waals surface area contributed by atoms with E-state index in [1.165, 1.54) is 6.33 Å². The Morgan fingerprint density at radius 1 is 1.07 bits per heavy atom. The fourth-order valence-corrected chi connectivity index (χ4v) is 3.42. The number of aromatic nitrogens is 5. The van der Waals surface area contributed by atoms with Crippen molar-refractivity contribution in [3.63, 3.8) is 0 Å². The maximum absolute atomic E-state index is 6.03. The number of ether oxygens (including phenoxy) is 2. The molecule has 4 rings (SSSR count). The number of aromatic amines is 1. The van der Waals surface area contributed by atoms with E-state index in [0.717, 1.165) is 45.1 Å². The molecule has 8 nitrogen and oxygen atoms in total. The van der Waals surface area contributed by atoms with Crippen molar-refractivity contribution in [2.45, 2.75) is 27.4 Å². The number of nitrogen functional groups attached to an aromatic ring is 1. The van der Waals surface area contributed by atoms with Gasteiger partial charge in [0.15, 0.2) is 5.65 Å². The maximum atomic E-state index is 6.03. The molecule has 0 fully saturated rings. The van der Waals surface area contributed by atoms with Gasteiger partial charge in [-0.15, -0.1) is 0 Å². The number of benzene rings is 1. The molecule has 8 heteroatoms. The van der Waals surface area contributed by atoms with Crippen molar-refractivity contribution < 1.29 is 9.47 Å². The minimum Gasteiger partial charge on any atom is -0.496 e. The Balaban J connectivity index is 1.60. The van der Waals surface area contributed by atoms with E-state index in [9.17, 15) is 0 Å². The Labute approximate surface area is 168 Å². The summed E-state index contributed by atoms with van der Waals surface area (Å²) < 4.78 is 11.5. The number of pyridine rings is 1. The first-order valence-electron chi connectivity index (χ1n) is 9.17. The van der Waals surface area contributed by atoms with Crippen LogP contribution in [-0.2, 0) is 6.61 Å². The summed E-state index contributed by atoms with van der Waals surface area (Å²) in [4.78, 5) is 12.7. The fourth-order valence-electron chi connectivity index (χ4n) is 3.42. The summed E-state index contributed by atoms with van der Waals surface area (Å²) in [7, 11) is 1.67. The SMILES string of the molecule is COc1c(C)cnc(COc2ccc(-c3[nH]nc4ncnc(N)c34)cc2C)c1C. The predicted molar refractivity (Wildman–Crippen MR) is 111 cm³/mol. The highest BCUT2D eigenvalue weighted by Gasteiger charge is 2.14. The van der Waals surface area contributed by atoms with Gasteiger partial charge >= 0.3 is 0 Å². The molecule has 0 radical (unpaired) electrons. The third kappa shape index (κ3) is 3.33. The lowest BCUT2D eigenvalue weighted by Gasteiger charge is -2.14. The monoisotopic (exact) mass is 390 g/mol. The van der Waals surface area contributed by atoms with Gasteiger partial charge < -0.3 is 15.2 Å². The molecular formula is C21H22N6O2. The molecule has 3 aromatic heterocycles. The van der Waals surface area contributed by atoms with E-state index in [2.05, 4.69) is 25.1 Å². The number of nitrogens with one attached hydrogen (secondary N) is 1. The van der Waals surface area contributed by atoms with Gasteiger partial charge in [-0.3, -0.25) is 10.1 Å². The van der Waals surface area contributed by atoms with E-state index in [0.29, 0.717) is 23.5 Å². The third-order valence-electron chi connectivity index (χ3n) is 4.96. The third-order valence-corrected chi connectivity index (χ3v) is 4.96. The van der Waals surface area contributed by atoms with Crippen molar-refractivity contribution >= 4 is 16.9 Å². The van der Waals surface area contributed by atoms with E-state index in [1.807, 2.05) is 39.0 Å². The molecule has 4 aromatic rings. The number of nitrogens with two attached hydrogens (primary N) is 1. The molecule has 0 saturated heterocycles. The first kappa shape index (κ1) is 18.7. The molecular weight excluding hydrogens is 368 g/mol. The van der Waals surface area contributed by atoms with Crippen LogP contribution in [0, 0.1) is 20.8 Å². The van der Waals surface area contributed by atoms with E-state index in [4.69, 9.17) is 15.2 Å². The van der Waals surface area contributed by atoms with Crippen molar-refractivity contribution in [1.29, 1.82) is 0 Å². The predicted octanol–water partition coefficient (Wildman–Crippen LogP) is 3.51. The molecule has 0 atom stereocenters. The van der Waals surface area contributed by atoms with Gasteiger partial charge in [-0.2, -0.15) is 5.10 Å². The molecule has 0 bridgehead atoms. The number of anilines is 1. The topological polar surface area (TPSA) is 112 Å². The summed E-state index contributed by atoms with van der Waals surface area (Å²) in [6.07, 6.45) is 3.21. The Morgan fingerprint density at radius 2 is 1.90 bits per heavy atom. The molecule has 0 aliphatic rings. The first-order valence-corrected chi connectivity index (χ1v) is 9.17. The van der Waals surface area contributed by atoms with Crippen LogP contribution in [0.15, 0.2) is 30.7 Å². The molecule has 0 amide bonds. The maximum Gasteiger partial charge on any atom is 0.186 e. The van der Waals surface area contributed by atoms with Gasteiger partial charge in [-0.1, -0.05) is 0 Å². The number of fused-ring (bicyclic) bond motifs is 1. The highest BCUT2D eigenvalue weighted by molar-refractivity contribution is 5.97. The molecule has 1 aromatic carbocycles. The number of aryl methyl sites for hydroxylation is 2. The van der Waals surface area contributed by atoms with Crippen LogP contribution in [0.4, 0.5) is 5.82 Å². The zero-order valence-electron chi connectivity index (χ0n) is 16.8. The molecule has 0 unspecified atom stereocenters. The Morgan fingerprint density at radius 3 is 2.66 bits per heavy atom. The number of nitrogens with zero attached hydrogens (tertiary/aromatic N) is 4. The van der Waals surface area contributed by atoms with Crippen LogP contribution in [0.2, 0.25) is 0 Å². The largest absolute Gasteiger partial charge is 0.496 e. The normalized spacial score (nSPS) is 11.0. The van der Waals surface area contributed by atoms with Gasteiger partial charge in [-0.05, 0) is 44.5 Å². The summed E-state index contributed by atoms with van der Waals surface area (Å²) in [6.45, 7) is 6.32. The van der Waals surface area contributed by atoms with Crippen molar-refractivity contribution in [3.8, 4) is 22.8 Å². The van der Waals surface area contributed by atoms with E-state index < -0.39 is 0 Å². The summed E-state index contributed by atoms with van der Waals surface area (Å²) in [6, 6.07) is 5.90. The summed E-state index contributed by atoms with van der Waals surface area (Å²) in [5.41, 5.74) is 12.1.